The van der Waals surface area contributed by atoms with Crippen LogP contribution in [0, 0.1) is 6.92 Å². The summed E-state index contributed by atoms with van der Waals surface area (Å²) in [4.78, 5) is 26.2. The Hall–Kier alpha value is -2.09. The van der Waals surface area contributed by atoms with Gasteiger partial charge in [0.25, 0.3) is 5.91 Å². The van der Waals surface area contributed by atoms with Gasteiger partial charge in [-0.15, -0.1) is 0 Å². The zero-order valence-electron chi connectivity index (χ0n) is 14.6. The van der Waals surface area contributed by atoms with Crippen LogP contribution in [-0.2, 0) is 19.4 Å². The second kappa shape index (κ2) is 7.43. The number of carbonyl (C=O) groups excluding carboxylic acids is 2. The molecule has 7 nitrogen and oxygen atoms in total. The molecular weight excluding hydrogens is 346 g/mol. The van der Waals surface area contributed by atoms with Gasteiger partial charge in [-0.3, -0.25) is 4.79 Å². The van der Waals surface area contributed by atoms with Gasteiger partial charge < -0.3 is 14.7 Å². The number of phenols is 1. The Balaban J connectivity index is 2.08. The van der Waals surface area contributed by atoms with Gasteiger partial charge in [-0.1, -0.05) is 11.6 Å². The second-order valence-electron chi connectivity index (χ2n) is 6.25. The highest BCUT2D eigenvalue weighted by molar-refractivity contribution is 7.91. The van der Waals surface area contributed by atoms with Crippen molar-refractivity contribution >= 4 is 21.7 Å². The van der Waals surface area contributed by atoms with Gasteiger partial charge in [-0.2, -0.15) is 0 Å². The van der Waals surface area contributed by atoms with Gasteiger partial charge in [0.15, 0.2) is 15.9 Å². The van der Waals surface area contributed by atoms with Crippen LogP contribution in [0.15, 0.2) is 18.2 Å². The number of amides is 1. The van der Waals surface area contributed by atoms with E-state index in [1.807, 2.05) is 0 Å². The first-order chi connectivity index (χ1) is 11.6. The number of phenolic OH excluding ortho intramolecular Hbond substituents is 1. The highest BCUT2D eigenvalue weighted by Crippen LogP contribution is 2.22. The van der Waals surface area contributed by atoms with Crippen LogP contribution >= 0.6 is 0 Å². The number of sulfone groups is 1. The van der Waals surface area contributed by atoms with Crippen LogP contribution in [-0.4, -0.2) is 60.5 Å². The van der Waals surface area contributed by atoms with E-state index in [0.29, 0.717) is 13.0 Å². The van der Waals surface area contributed by atoms with Crippen molar-refractivity contribution < 1.29 is 27.9 Å². The summed E-state index contributed by atoms with van der Waals surface area (Å²) in [5.74, 6) is -1.45. The molecule has 8 heteroatoms. The number of likely N-dealkylation sites (N-methyl/N-ethyl adjacent to an activating group) is 1. The van der Waals surface area contributed by atoms with E-state index in [4.69, 9.17) is 4.74 Å². The summed E-state index contributed by atoms with van der Waals surface area (Å²) in [5.41, 5.74) is 0.765. The molecule has 2 atom stereocenters. The predicted molar refractivity (Wildman–Crippen MR) is 92.2 cm³/mol. The molecule has 0 aliphatic carbocycles. The molecule has 1 aliphatic heterocycles. The monoisotopic (exact) mass is 369 g/mol. The van der Waals surface area contributed by atoms with Gasteiger partial charge in [0.2, 0.25) is 0 Å². The van der Waals surface area contributed by atoms with E-state index in [1.165, 1.54) is 24.0 Å². The standard InChI is InChI=1S/C17H23NO6S/c1-4-18(13-7-8-25(22,23)10-13)16(20)12(3)24-17(21)14-9-11(2)5-6-15(14)19/h5-6,9,12-13,19H,4,7-8,10H2,1-3H3/t12-,13-/m0/s1. The number of esters is 1. The molecular formula is C17H23NO6S. The number of benzene rings is 1. The zero-order valence-corrected chi connectivity index (χ0v) is 15.4. The van der Waals surface area contributed by atoms with Crippen LogP contribution < -0.4 is 0 Å². The van der Waals surface area contributed by atoms with Crippen molar-refractivity contribution in [1.29, 1.82) is 0 Å². The molecule has 1 aromatic rings. The minimum atomic E-state index is -3.12. The van der Waals surface area contributed by atoms with Gasteiger partial charge in [-0.25, -0.2) is 13.2 Å². The lowest BCUT2D eigenvalue weighted by Gasteiger charge is -2.29. The smallest absolute Gasteiger partial charge is 0.342 e. The van der Waals surface area contributed by atoms with Gasteiger partial charge in [0.1, 0.15) is 11.3 Å². The van der Waals surface area contributed by atoms with Crippen LogP contribution in [0.5, 0.6) is 5.75 Å². The maximum atomic E-state index is 12.6. The normalized spacial score (nSPS) is 20.0. The first-order valence-corrected chi connectivity index (χ1v) is 9.98. The largest absolute Gasteiger partial charge is 0.507 e. The van der Waals surface area contributed by atoms with E-state index < -0.39 is 33.9 Å². The molecule has 0 saturated carbocycles. The van der Waals surface area contributed by atoms with Crippen molar-refractivity contribution in [2.24, 2.45) is 0 Å². The van der Waals surface area contributed by atoms with Crippen LogP contribution in [0.25, 0.3) is 0 Å². The number of hydrogen-bond acceptors (Lipinski definition) is 6. The number of carbonyl (C=O) groups is 2. The average Bonchev–Trinajstić information content (AvgIpc) is 2.89. The Morgan fingerprint density at radius 2 is 2.08 bits per heavy atom. The molecule has 1 N–H and O–H groups in total. The summed E-state index contributed by atoms with van der Waals surface area (Å²) in [5, 5.41) is 9.78. The molecule has 25 heavy (non-hydrogen) atoms. The summed E-state index contributed by atoms with van der Waals surface area (Å²) in [7, 11) is -3.12. The molecule has 1 aromatic carbocycles. The lowest BCUT2D eigenvalue weighted by molar-refractivity contribution is -0.141. The van der Waals surface area contributed by atoms with Crippen LogP contribution in [0.2, 0.25) is 0 Å². The zero-order chi connectivity index (χ0) is 18.8. The summed E-state index contributed by atoms with van der Waals surface area (Å²) in [6, 6.07) is 4.13. The fourth-order valence-electron chi connectivity index (χ4n) is 2.94. The van der Waals surface area contributed by atoms with Crippen molar-refractivity contribution in [2.45, 2.75) is 39.3 Å². The van der Waals surface area contributed by atoms with E-state index in [0.717, 1.165) is 5.56 Å². The Labute approximate surface area is 147 Å². The third-order valence-corrected chi connectivity index (χ3v) is 6.03. The Kier molecular flexibility index (Phi) is 5.72. The molecule has 0 radical (unpaired) electrons. The third kappa shape index (κ3) is 4.50. The summed E-state index contributed by atoms with van der Waals surface area (Å²) < 4.78 is 28.5. The van der Waals surface area contributed by atoms with E-state index in [-0.39, 0.29) is 22.8 Å². The maximum Gasteiger partial charge on any atom is 0.342 e. The van der Waals surface area contributed by atoms with E-state index in [9.17, 15) is 23.1 Å². The Morgan fingerprint density at radius 3 is 2.64 bits per heavy atom. The van der Waals surface area contributed by atoms with Crippen LogP contribution in [0.1, 0.15) is 36.2 Å². The SMILES string of the molecule is CCN(C(=O)[C@H](C)OC(=O)c1cc(C)ccc1O)[C@H]1CCS(=O)(=O)C1. The maximum absolute atomic E-state index is 12.6. The number of aryl methyl sites for hydroxylation is 1. The molecule has 1 amide bonds. The minimum absolute atomic E-state index is 0.00820. The fourth-order valence-corrected chi connectivity index (χ4v) is 4.67. The summed E-state index contributed by atoms with van der Waals surface area (Å²) >= 11 is 0. The van der Waals surface area contributed by atoms with Crippen molar-refractivity contribution in [3.05, 3.63) is 29.3 Å². The minimum Gasteiger partial charge on any atom is -0.507 e. The van der Waals surface area contributed by atoms with Crippen molar-refractivity contribution in [2.75, 3.05) is 18.1 Å². The second-order valence-corrected chi connectivity index (χ2v) is 8.48. The van der Waals surface area contributed by atoms with E-state index >= 15 is 0 Å². The number of hydrogen-bond donors (Lipinski definition) is 1. The molecule has 0 bridgehead atoms. The van der Waals surface area contributed by atoms with Gasteiger partial charge >= 0.3 is 5.97 Å². The highest BCUT2D eigenvalue weighted by atomic mass is 32.2. The predicted octanol–water partition coefficient (Wildman–Crippen LogP) is 1.28. The Morgan fingerprint density at radius 1 is 1.40 bits per heavy atom. The molecule has 0 aromatic heterocycles. The molecule has 138 valence electrons. The third-order valence-electron chi connectivity index (χ3n) is 4.28. The van der Waals surface area contributed by atoms with E-state index in [2.05, 4.69) is 0 Å². The molecule has 1 saturated heterocycles. The van der Waals surface area contributed by atoms with Gasteiger partial charge in [0.05, 0.1) is 11.5 Å². The lowest BCUT2D eigenvalue weighted by Crippen LogP contribution is -2.46. The molecule has 0 spiro atoms. The first kappa shape index (κ1) is 19.2. The quantitative estimate of drug-likeness (QED) is 0.785. The molecule has 1 heterocycles. The van der Waals surface area contributed by atoms with Crippen molar-refractivity contribution in [1.82, 2.24) is 4.90 Å². The summed E-state index contributed by atoms with van der Waals surface area (Å²) in [6.07, 6.45) is -0.683. The van der Waals surface area contributed by atoms with Gasteiger partial charge in [-0.05, 0) is 39.3 Å². The van der Waals surface area contributed by atoms with Crippen molar-refractivity contribution in [3.63, 3.8) is 0 Å². The topological polar surface area (TPSA) is 101 Å². The number of aromatic hydroxyl groups is 1. The van der Waals surface area contributed by atoms with Crippen LogP contribution in [0.4, 0.5) is 0 Å². The number of nitrogens with zero attached hydrogens (tertiary/aromatic N) is 1. The van der Waals surface area contributed by atoms with Crippen LogP contribution in [0.3, 0.4) is 0 Å². The van der Waals surface area contributed by atoms with Gasteiger partial charge in [0, 0.05) is 12.6 Å². The average molecular weight is 369 g/mol. The fraction of sp³-hybridized carbons (Fsp3) is 0.529. The molecule has 0 unspecified atom stereocenters. The summed E-state index contributed by atoms with van der Waals surface area (Å²) in [6.45, 7) is 5.30. The lowest BCUT2D eigenvalue weighted by atomic mass is 10.1. The molecule has 1 aliphatic rings. The molecule has 2 rings (SSSR count). The first-order valence-electron chi connectivity index (χ1n) is 8.16. The Bertz CT molecular complexity index is 773. The number of ether oxygens (including phenoxy) is 1. The molecule has 1 fully saturated rings. The van der Waals surface area contributed by atoms with E-state index in [1.54, 1.807) is 19.9 Å². The highest BCUT2D eigenvalue weighted by Gasteiger charge is 2.36. The van der Waals surface area contributed by atoms with Crippen molar-refractivity contribution in [3.8, 4) is 5.75 Å². The number of rotatable bonds is 5.